The maximum absolute atomic E-state index is 12.2. The fourth-order valence-electron chi connectivity index (χ4n) is 2.58. The predicted molar refractivity (Wildman–Crippen MR) is 89.9 cm³/mol. The Morgan fingerprint density at radius 1 is 1.32 bits per heavy atom. The Labute approximate surface area is 134 Å². The third-order valence-electron chi connectivity index (χ3n) is 3.77. The molecule has 1 aliphatic rings. The van der Waals surface area contributed by atoms with E-state index in [1.54, 1.807) is 4.90 Å². The number of amides is 1. The van der Waals surface area contributed by atoms with Gasteiger partial charge in [0, 0.05) is 32.7 Å². The normalized spacial score (nSPS) is 17.5. The van der Waals surface area contributed by atoms with Crippen molar-refractivity contribution < 1.29 is 9.53 Å². The van der Waals surface area contributed by atoms with Gasteiger partial charge in [-0.25, -0.2) is 4.79 Å². The van der Waals surface area contributed by atoms with Gasteiger partial charge in [-0.05, 0) is 53.4 Å². The van der Waals surface area contributed by atoms with Crippen molar-refractivity contribution in [3.63, 3.8) is 0 Å². The molecule has 128 valence electrons. The molecule has 0 saturated carbocycles. The van der Waals surface area contributed by atoms with Crippen LogP contribution in [0.1, 0.15) is 47.5 Å². The van der Waals surface area contributed by atoms with Gasteiger partial charge in [0.25, 0.3) is 0 Å². The minimum atomic E-state index is -0.446. The SMILES string of the molecule is CCN=C(N)N1CCC(CN(CC)C(=O)OC(C)(C)C)CC1. The molecule has 1 heterocycles. The molecule has 0 aromatic heterocycles. The van der Waals surface area contributed by atoms with Crippen molar-refractivity contribution in [1.82, 2.24) is 9.80 Å². The van der Waals surface area contributed by atoms with Crippen molar-refractivity contribution >= 4 is 12.1 Å². The first-order valence-electron chi connectivity index (χ1n) is 8.29. The number of hydrogen-bond acceptors (Lipinski definition) is 3. The van der Waals surface area contributed by atoms with E-state index in [1.165, 1.54) is 0 Å². The van der Waals surface area contributed by atoms with Crippen LogP contribution in [0.5, 0.6) is 0 Å². The van der Waals surface area contributed by atoms with Gasteiger partial charge in [-0.1, -0.05) is 0 Å². The summed E-state index contributed by atoms with van der Waals surface area (Å²) < 4.78 is 5.46. The second-order valence-electron chi connectivity index (χ2n) is 6.78. The first-order chi connectivity index (χ1) is 10.3. The molecular weight excluding hydrogens is 280 g/mol. The Kier molecular flexibility index (Phi) is 6.97. The van der Waals surface area contributed by atoms with Crippen molar-refractivity contribution in [3.05, 3.63) is 0 Å². The van der Waals surface area contributed by atoms with E-state index in [4.69, 9.17) is 10.5 Å². The molecular formula is C16H32N4O2. The van der Waals surface area contributed by atoms with Crippen LogP contribution >= 0.6 is 0 Å². The van der Waals surface area contributed by atoms with Crippen LogP contribution in [0.25, 0.3) is 0 Å². The zero-order chi connectivity index (χ0) is 16.8. The van der Waals surface area contributed by atoms with Crippen LogP contribution in [0.3, 0.4) is 0 Å². The summed E-state index contributed by atoms with van der Waals surface area (Å²) in [6.45, 7) is 13.6. The molecule has 0 unspecified atom stereocenters. The number of ether oxygens (including phenoxy) is 1. The molecule has 22 heavy (non-hydrogen) atoms. The highest BCUT2D eigenvalue weighted by atomic mass is 16.6. The minimum Gasteiger partial charge on any atom is -0.444 e. The molecule has 0 aliphatic carbocycles. The van der Waals surface area contributed by atoms with E-state index in [9.17, 15) is 4.79 Å². The van der Waals surface area contributed by atoms with Crippen molar-refractivity contribution in [2.24, 2.45) is 16.6 Å². The van der Waals surface area contributed by atoms with Gasteiger partial charge in [-0.15, -0.1) is 0 Å². The summed E-state index contributed by atoms with van der Waals surface area (Å²) in [5.74, 6) is 1.14. The molecule has 0 spiro atoms. The zero-order valence-corrected chi connectivity index (χ0v) is 14.8. The molecule has 0 atom stereocenters. The number of likely N-dealkylation sites (tertiary alicyclic amines) is 1. The lowest BCUT2D eigenvalue weighted by atomic mass is 9.96. The van der Waals surface area contributed by atoms with Crippen molar-refractivity contribution in [1.29, 1.82) is 0 Å². The van der Waals surface area contributed by atoms with E-state index >= 15 is 0 Å². The first-order valence-corrected chi connectivity index (χ1v) is 8.29. The van der Waals surface area contributed by atoms with Gasteiger partial charge in [-0.3, -0.25) is 4.99 Å². The average Bonchev–Trinajstić information content (AvgIpc) is 2.43. The number of guanidine groups is 1. The number of hydrogen-bond donors (Lipinski definition) is 1. The third-order valence-corrected chi connectivity index (χ3v) is 3.77. The Morgan fingerprint density at radius 2 is 1.91 bits per heavy atom. The topological polar surface area (TPSA) is 71.2 Å². The number of piperidine rings is 1. The van der Waals surface area contributed by atoms with E-state index in [-0.39, 0.29) is 6.09 Å². The molecule has 0 aromatic rings. The molecule has 1 aliphatic heterocycles. The van der Waals surface area contributed by atoms with Crippen molar-refractivity contribution in [2.45, 2.75) is 53.1 Å². The Bertz CT molecular complexity index is 382. The Hall–Kier alpha value is -1.46. The molecule has 0 radical (unpaired) electrons. The summed E-state index contributed by atoms with van der Waals surface area (Å²) >= 11 is 0. The van der Waals surface area contributed by atoms with Crippen molar-refractivity contribution in [2.75, 3.05) is 32.7 Å². The van der Waals surface area contributed by atoms with Crippen LogP contribution < -0.4 is 5.73 Å². The van der Waals surface area contributed by atoms with Crippen LogP contribution in [-0.4, -0.2) is 60.2 Å². The van der Waals surface area contributed by atoms with Crippen LogP contribution in [-0.2, 0) is 4.74 Å². The highest BCUT2D eigenvalue weighted by molar-refractivity contribution is 5.78. The van der Waals surface area contributed by atoms with Crippen LogP contribution in [0.4, 0.5) is 4.79 Å². The summed E-state index contributed by atoms with van der Waals surface area (Å²) in [6.07, 6.45) is 1.84. The van der Waals surface area contributed by atoms with E-state index in [0.29, 0.717) is 25.0 Å². The van der Waals surface area contributed by atoms with Gasteiger partial charge in [0.2, 0.25) is 0 Å². The molecule has 1 amide bonds. The molecule has 6 heteroatoms. The fraction of sp³-hybridized carbons (Fsp3) is 0.875. The van der Waals surface area contributed by atoms with Crippen LogP contribution in [0.15, 0.2) is 4.99 Å². The van der Waals surface area contributed by atoms with Crippen LogP contribution in [0.2, 0.25) is 0 Å². The van der Waals surface area contributed by atoms with Crippen molar-refractivity contribution in [3.8, 4) is 0 Å². The van der Waals surface area contributed by atoms with Gasteiger partial charge in [0.15, 0.2) is 5.96 Å². The summed E-state index contributed by atoms with van der Waals surface area (Å²) in [6, 6.07) is 0. The quantitative estimate of drug-likeness (QED) is 0.638. The third kappa shape index (κ3) is 6.12. The number of nitrogens with zero attached hydrogens (tertiary/aromatic N) is 3. The van der Waals surface area contributed by atoms with Gasteiger partial charge in [-0.2, -0.15) is 0 Å². The molecule has 1 rings (SSSR count). The molecule has 1 saturated heterocycles. The van der Waals surface area contributed by atoms with Gasteiger partial charge < -0.3 is 20.3 Å². The summed E-state index contributed by atoms with van der Waals surface area (Å²) in [7, 11) is 0. The highest BCUT2D eigenvalue weighted by Crippen LogP contribution is 2.19. The van der Waals surface area contributed by atoms with Gasteiger partial charge in [0.1, 0.15) is 5.60 Å². The monoisotopic (exact) mass is 312 g/mol. The van der Waals surface area contributed by atoms with Gasteiger partial charge >= 0.3 is 6.09 Å². The van der Waals surface area contributed by atoms with Crippen LogP contribution in [0, 0.1) is 5.92 Å². The molecule has 2 N–H and O–H groups in total. The molecule has 6 nitrogen and oxygen atoms in total. The number of aliphatic imine (C=N–C) groups is 1. The first kappa shape index (κ1) is 18.6. The number of carbonyl (C=O) groups is 1. The maximum atomic E-state index is 12.2. The Balaban J connectivity index is 2.47. The summed E-state index contributed by atoms with van der Waals surface area (Å²) in [4.78, 5) is 20.4. The van der Waals surface area contributed by atoms with E-state index < -0.39 is 5.60 Å². The lowest BCUT2D eigenvalue weighted by molar-refractivity contribution is 0.0214. The lowest BCUT2D eigenvalue weighted by Gasteiger charge is -2.35. The smallest absolute Gasteiger partial charge is 0.410 e. The standard InChI is InChI=1S/C16H32N4O2/c1-6-18-14(17)20-10-8-13(9-11-20)12-19(7-2)15(21)22-16(3,4)5/h13H,6-12H2,1-5H3,(H2,17,18). The lowest BCUT2D eigenvalue weighted by Crippen LogP contribution is -2.46. The Morgan fingerprint density at radius 3 is 2.36 bits per heavy atom. The molecule has 0 aromatic carbocycles. The molecule has 0 bridgehead atoms. The number of nitrogens with two attached hydrogens (primary N) is 1. The zero-order valence-electron chi connectivity index (χ0n) is 14.8. The van der Waals surface area contributed by atoms with E-state index in [1.807, 2.05) is 34.6 Å². The van der Waals surface area contributed by atoms with E-state index in [0.717, 1.165) is 32.5 Å². The van der Waals surface area contributed by atoms with Gasteiger partial charge in [0.05, 0.1) is 0 Å². The second kappa shape index (κ2) is 8.25. The summed E-state index contributed by atoms with van der Waals surface area (Å²) in [5.41, 5.74) is 5.50. The number of carbonyl (C=O) groups excluding carboxylic acids is 1. The molecule has 1 fully saturated rings. The number of rotatable bonds is 4. The predicted octanol–water partition coefficient (Wildman–Crippen LogP) is 2.29. The summed E-state index contributed by atoms with van der Waals surface area (Å²) in [5, 5.41) is 0. The highest BCUT2D eigenvalue weighted by Gasteiger charge is 2.26. The van der Waals surface area contributed by atoms with E-state index in [2.05, 4.69) is 9.89 Å². The maximum Gasteiger partial charge on any atom is 0.410 e. The largest absolute Gasteiger partial charge is 0.444 e. The average molecular weight is 312 g/mol. The fourth-order valence-corrected chi connectivity index (χ4v) is 2.58. The second-order valence-corrected chi connectivity index (χ2v) is 6.78. The minimum absolute atomic E-state index is 0.218.